The number of benzene rings is 2. The highest BCUT2D eigenvalue weighted by atomic mass is 35.5. The van der Waals surface area contributed by atoms with Crippen molar-refractivity contribution in [2.24, 2.45) is 5.73 Å². The molecule has 0 saturated carbocycles. The zero-order valence-electron chi connectivity index (χ0n) is 18.3. The van der Waals surface area contributed by atoms with Crippen LogP contribution in [0.3, 0.4) is 0 Å². The van der Waals surface area contributed by atoms with E-state index in [1.54, 1.807) is 18.2 Å². The zero-order valence-corrected chi connectivity index (χ0v) is 19.8. The average molecular weight is 487 g/mol. The van der Waals surface area contributed by atoms with E-state index in [1.165, 1.54) is 7.11 Å². The number of hydrogen-bond acceptors (Lipinski definition) is 7. The van der Waals surface area contributed by atoms with E-state index in [-0.39, 0.29) is 23.1 Å². The Balaban J connectivity index is 1.68. The number of nitrogens with two attached hydrogens (primary N) is 1. The van der Waals surface area contributed by atoms with E-state index >= 15 is 0 Å². The molecule has 8 nitrogen and oxygen atoms in total. The van der Waals surface area contributed by atoms with Gasteiger partial charge in [0.15, 0.2) is 0 Å². The third kappa shape index (κ3) is 4.98. The molecule has 2 aromatic carbocycles. The monoisotopic (exact) mass is 486 g/mol. The Bertz CT molecular complexity index is 1140. The average Bonchev–Trinajstić information content (AvgIpc) is 2.79. The van der Waals surface area contributed by atoms with Gasteiger partial charge in [-0.25, -0.2) is 4.98 Å². The predicted molar refractivity (Wildman–Crippen MR) is 132 cm³/mol. The number of primary amides is 1. The predicted octanol–water partition coefficient (Wildman–Crippen LogP) is 4.05. The molecule has 1 amide bonds. The quantitative estimate of drug-likeness (QED) is 0.542. The molecule has 1 aliphatic rings. The van der Waals surface area contributed by atoms with Crippen LogP contribution in [0.15, 0.2) is 42.5 Å². The number of nitrogens with zero attached hydrogens (tertiary/aromatic N) is 4. The van der Waals surface area contributed by atoms with E-state index in [2.05, 4.69) is 44.3 Å². The molecule has 33 heavy (non-hydrogen) atoms. The molecule has 3 aromatic rings. The maximum Gasteiger partial charge on any atom is 0.256 e. The third-order valence-electron chi connectivity index (χ3n) is 5.51. The van der Waals surface area contributed by atoms with Crippen LogP contribution < -0.4 is 20.7 Å². The molecule has 4 rings (SSSR count). The Kier molecular flexibility index (Phi) is 6.88. The van der Waals surface area contributed by atoms with Crippen LogP contribution in [-0.4, -0.2) is 61.1 Å². The van der Waals surface area contributed by atoms with Gasteiger partial charge in [-0.15, -0.1) is 0 Å². The molecule has 10 heteroatoms. The van der Waals surface area contributed by atoms with Crippen LogP contribution in [0.4, 0.5) is 17.3 Å². The number of piperazine rings is 1. The van der Waals surface area contributed by atoms with Crippen molar-refractivity contribution >= 4 is 46.4 Å². The largest absolute Gasteiger partial charge is 0.480 e. The molecule has 2 heterocycles. The fourth-order valence-corrected chi connectivity index (χ4v) is 4.30. The van der Waals surface area contributed by atoms with Gasteiger partial charge in [-0.05, 0) is 43.4 Å². The zero-order chi connectivity index (χ0) is 23.5. The maximum absolute atomic E-state index is 12.2. The van der Waals surface area contributed by atoms with Gasteiger partial charge in [0, 0.05) is 43.1 Å². The molecule has 1 saturated heterocycles. The first kappa shape index (κ1) is 23.1. The SMILES string of the molecule is COc1nc(Nc2ccc(N3CCN(C)CC3)cc2)nc(-c2c(Cl)cccc2Cl)c1C(N)=O. The smallest absolute Gasteiger partial charge is 0.256 e. The summed E-state index contributed by atoms with van der Waals surface area (Å²) in [5.41, 5.74) is 8.12. The standard InChI is InChI=1S/C23H24Cl2N6O2/c1-30-10-12-31(13-11-30)15-8-6-14(7-9-15)27-23-28-20(18-16(24)4-3-5-17(18)25)19(21(26)32)22(29-23)33-2/h3-9H,10-13H2,1-2H3,(H2,26,32)(H,27,28,29). The Morgan fingerprint density at radius 1 is 1.03 bits per heavy atom. The first-order valence-corrected chi connectivity index (χ1v) is 11.1. The van der Waals surface area contributed by atoms with Gasteiger partial charge in [-0.2, -0.15) is 4.98 Å². The molecular weight excluding hydrogens is 463 g/mol. The van der Waals surface area contributed by atoms with Crippen LogP contribution in [0.1, 0.15) is 10.4 Å². The first-order chi connectivity index (χ1) is 15.9. The van der Waals surface area contributed by atoms with Gasteiger partial charge in [0.25, 0.3) is 5.91 Å². The fourth-order valence-electron chi connectivity index (χ4n) is 3.72. The minimum Gasteiger partial charge on any atom is -0.480 e. The second-order valence-corrected chi connectivity index (χ2v) is 8.52. The summed E-state index contributed by atoms with van der Waals surface area (Å²) >= 11 is 12.8. The molecule has 0 unspecified atom stereocenters. The molecule has 1 fully saturated rings. The molecule has 172 valence electrons. The lowest BCUT2D eigenvalue weighted by molar-refractivity contribution is 0.0997. The van der Waals surface area contributed by atoms with Gasteiger partial charge in [0.05, 0.1) is 22.8 Å². The summed E-state index contributed by atoms with van der Waals surface area (Å²) in [6, 6.07) is 13.0. The van der Waals surface area contributed by atoms with Crippen molar-refractivity contribution < 1.29 is 9.53 Å². The second-order valence-electron chi connectivity index (χ2n) is 7.70. The maximum atomic E-state index is 12.2. The van der Waals surface area contributed by atoms with Crippen LogP contribution in [0.5, 0.6) is 5.88 Å². The van der Waals surface area contributed by atoms with Crippen LogP contribution >= 0.6 is 23.2 Å². The van der Waals surface area contributed by atoms with Gasteiger partial charge >= 0.3 is 0 Å². The van der Waals surface area contributed by atoms with Gasteiger partial charge in [0.1, 0.15) is 5.56 Å². The lowest BCUT2D eigenvalue weighted by atomic mass is 10.1. The summed E-state index contributed by atoms with van der Waals surface area (Å²) in [7, 11) is 3.54. The number of carbonyl (C=O) groups is 1. The molecule has 0 radical (unpaired) electrons. The highest BCUT2D eigenvalue weighted by molar-refractivity contribution is 6.39. The molecule has 0 spiro atoms. The second kappa shape index (κ2) is 9.82. The van der Waals surface area contributed by atoms with E-state index < -0.39 is 5.91 Å². The number of methoxy groups -OCH3 is 1. The van der Waals surface area contributed by atoms with Crippen LogP contribution in [0, 0.1) is 0 Å². The number of anilines is 3. The van der Waals surface area contributed by atoms with Crippen molar-refractivity contribution in [1.29, 1.82) is 0 Å². The molecule has 3 N–H and O–H groups in total. The number of likely N-dealkylation sites (N-methyl/N-ethyl adjacent to an activating group) is 1. The normalized spacial score (nSPS) is 14.2. The van der Waals surface area contributed by atoms with Gasteiger partial charge < -0.3 is 25.6 Å². The number of ether oxygens (including phenoxy) is 1. The van der Waals surface area contributed by atoms with E-state index in [0.29, 0.717) is 15.6 Å². The van der Waals surface area contributed by atoms with E-state index in [0.717, 1.165) is 37.6 Å². The van der Waals surface area contributed by atoms with Crippen molar-refractivity contribution in [3.8, 4) is 17.1 Å². The number of hydrogen-bond donors (Lipinski definition) is 2. The summed E-state index contributed by atoms with van der Waals surface area (Å²) < 4.78 is 5.35. The Hall–Kier alpha value is -3.07. The number of aromatic nitrogens is 2. The number of nitrogens with one attached hydrogen (secondary N) is 1. The van der Waals surface area contributed by atoms with Crippen molar-refractivity contribution in [3.63, 3.8) is 0 Å². The summed E-state index contributed by atoms with van der Waals surface area (Å²) in [4.78, 5) is 25.7. The minimum atomic E-state index is -0.749. The Morgan fingerprint density at radius 3 is 2.24 bits per heavy atom. The summed E-state index contributed by atoms with van der Waals surface area (Å²) in [6.45, 7) is 4.04. The summed E-state index contributed by atoms with van der Waals surface area (Å²) in [6.07, 6.45) is 0. The van der Waals surface area contributed by atoms with Crippen LogP contribution in [0.2, 0.25) is 10.0 Å². The highest BCUT2D eigenvalue weighted by Crippen LogP contribution is 2.38. The molecule has 0 atom stereocenters. The van der Waals surface area contributed by atoms with E-state index in [1.807, 2.05) is 12.1 Å². The topological polar surface area (TPSA) is 96.6 Å². The number of amides is 1. The van der Waals surface area contributed by atoms with Gasteiger partial charge in [-0.1, -0.05) is 29.3 Å². The number of halogens is 2. The lowest BCUT2D eigenvalue weighted by Gasteiger charge is -2.34. The summed E-state index contributed by atoms with van der Waals surface area (Å²) in [5.74, 6) is -0.504. The molecule has 1 aromatic heterocycles. The lowest BCUT2D eigenvalue weighted by Crippen LogP contribution is -2.44. The molecule has 0 bridgehead atoms. The van der Waals surface area contributed by atoms with Gasteiger partial charge in [0.2, 0.25) is 11.8 Å². The fraction of sp³-hybridized carbons (Fsp3) is 0.261. The number of rotatable bonds is 6. The summed E-state index contributed by atoms with van der Waals surface area (Å²) in [5, 5.41) is 3.82. The van der Waals surface area contributed by atoms with E-state index in [9.17, 15) is 4.79 Å². The third-order valence-corrected chi connectivity index (χ3v) is 6.14. The van der Waals surface area contributed by atoms with Crippen LogP contribution in [0.25, 0.3) is 11.3 Å². The highest BCUT2D eigenvalue weighted by Gasteiger charge is 2.24. The van der Waals surface area contributed by atoms with Crippen LogP contribution in [-0.2, 0) is 0 Å². The van der Waals surface area contributed by atoms with Gasteiger partial charge in [-0.3, -0.25) is 4.79 Å². The molecule has 1 aliphatic heterocycles. The minimum absolute atomic E-state index is 0.00321. The van der Waals surface area contributed by atoms with Crippen molar-refractivity contribution in [2.75, 3.05) is 50.6 Å². The van der Waals surface area contributed by atoms with E-state index in [4.69, 9.17) is 33.7 Å². The van der Waals surface area contributed by atoms with Crippen molar-refractivity contribution in [1.82, 2.24) is 14.9 Å². The molecule has 0 aliphatic carbocycles. The first-order valence-electron chi connectivity index (χ1n) is 10.4. The van der Waals surface area contributed by atoms with Crippen molar-refractivity contribution in [3.05, 3.63) is 58.1 Å². The Morgan fingerprint density at radius 2 is 1.67 bits per heavy atom. The van der Waals surface area contributed by atoms with Crippen molar-refractivity contribution in [2.45, 2.75) is 0 Å². The number of carbonyl (C=O) groups excluding carboxylic acids is 1. The Labute approximate surface area is 202 Å². The molecular formula is C23H24Cl2N6O2.